The van der Waals surface area contributed by atoms with Crippen molar-refractivity contribution in [1.29, 1.82) is 0 Å². The predicted molar refractivity (Wildman–Crippen MR) is 117 cm³/mol. The first-order valence-corrected chi connectivity index (χ1v) is 10.0. The van der Waals surface area contributed by atoms with Crippen LogP contribution in [0.4, 0.5) is 11.4 Å². The Labute approximate surface area is 187 Å². The second kappa shape index (κ2) is 8.68. The fraction of sp³-hybridized carbons (Fsp3) is 0.130. The molecule has 1 aliphatic heterocycles. The van der Waals surface area contributed by atoms with Gasteiger partial charge in [-0.25, -0.2) is 0 Å². The number of nitro groups is 1. The summed E-state index contributed by atoms with van der Waals surface area (Å²) in [5.41, 5.74) is 1.25. The highest BCUT2D eigenvalue weighted by molar-refractivity contribution is 6.34. The van der Waals surface area contributed by atoms with Crippen LogP contribution in [0.25, 0.3) is 0 Å². The number of nitrogens with one attached hydrogen (secondary N) is 1. The molecule has 3 aromatic rings. The van der Waals surface area contributed by atoms with Gasteiger partial charge in [0.25, 0.3) is 11.6 Å². The largest absolute Gasteiger partial charge is 0.457 e. The maximum absolute atomic E-state index is 13.1. The van der Waals surface area contributed by atoms with E-state index in [1.54, 1.807) is 48.5 Å². The van der Waals surface area contributed by atoms with Gasteiger partial charge in [0.1, 0.15) is 17.4 Å². The molecule has 3 aromatic carbocycles. The van der Waals surface area contributed by atoms with E-state index in [-0.39, 0.29) is 16.4 Å². The lowest BCUT2D eigenvalue weighted by Crippen LogP contribution is -2.32. The number of carbonyl (C=O) groups is 2. The van der Waals surface area contributed by atoms with Crippen molar-refractivity contribution in [3.63, 3.8) is 0 Å². The quantitative estimate of drug-likeness (QED) is 0.329. The number of nitrogens with zero attached hydrogens (tertiary/aromatic N) is 1. The summed E-state index contributed by atoms with van der Waals surface area (Å²) in [5.74, 6) is -0.895. The topological polar surface area (TPSA) is 108 Å². The number of esters is 1. The molecule has 8 nitrogen and oxygen atoms in total. The second-order valence-corrected chi connectivity index (χ2v) is 7.51. The number of hydrogen-bond acceptors (Lipinski definition) is 6. The highest BCUT2D eigenvalue weighted by Gasteiger charge is 2.35. The zero-order chi connectivity index (χ0) is 22.8. The Balaban J connectivity index is 1.52. The van der Waals surface area contributed by atoms with E-state index in [4.69, 9.17) is 21.1 Å². The minimum Gasteiger partial charge on any atom is -0.457 e. The van der Waals surface area contributed by atoms with Crippen LogP contribution in [-0.4, -0.2) is 22.9 Å². The zero-order valence-corrected chi connectivity index (χ0v) is 17.5. The molecular formula is C23H17ClN2O6. The van der Waals surface area contributed by atoms with Crippen LogP contribution in [0.2, 0.25) is 5.02 Å². The first-order chi connectivity index (χ1) is 15.3. The van der Waals surface area contributed by atoms with Crippen molar-refractivity contribution in [1.82, 2.24) is 0 Å². The molecule has 9 heteroatoms. The van der Waals surface area contributed by atoms with Gasteiger partial charge >= 0.3 is 5.97 Å². The van der Waals surface area contributed by atoms with E-state index >= 15 is 0 Å². The summed E-state index contributed by atoms with van der Waals surface area (Å²) in [4.78, 5) is 35.9. The van der Waals surface area contributed by atoms with Crippen molar-refractivity contribution < 1.29 is 24.0 Å². The van der Waals surface area contributed by atoms with Gasteiger partial charge in [-0.1, -0.05) is 48.0 Å². The van der Waals surface area contributed by atoms with Gasteiger partial charge in [0.15, 0.2) is 6.10 Å². The molecule has 1 N–H and O–H groups in total. The van der Waals surface area contributed by atoms with Crippen molar-refractivity contribution in [2.45, 2.75) is 18.9 Å². The summed E-state index contributed by atoms with van der Waals surface area (Å²) in [5, 5.41) is 13.4. The second-order valence-electron chi connectivity index (χ2n) is 7.10. The monoisotopic (exact) mass is 452 g/mol. The molecule has 0 spiro atoms. The molecule has 0 unspecified atom stereocenters. The molecule has 0 aliphatic carbocycles. The summed E-state index contributed by atoms with van der Waals surface area (Å²) in [6, 6.07) is 17.9. The number of anilines is 1. The zero-order valence-electron chi connectivity index (χ0n) is 16.8. The van der Waals surface area contributed by atoms with E-state index in [2.05, 4.69) is 5.32 Å². The molecule has 0 bridgehead atoms. The summed E-state index contributed by atoms with van der Waals surface area (Å²) in [6.45, 7) is 1.43. The molecular weight excluding hydrogens is 436 g/mol. The molecule has 4 rings (SSSR count). The third-order valence-electron chi connectivity index (χ3n) is 5.00. The van der Waals surface area contributed by atoms with Gasteiger partial charge in [0, 0.05) is 23.3 Å². The van der Waals surface area contributed by atoms with Gasteiger partial charge in [-0.05, 0) is 25.1 Å². The highest BCUT2D eigenvalue weighted by atomic mass is 35.5. The van der Waals surface area contributed by atoms with Crippen LogP contribution in [0.5, 0.6) is 11.5 Å². The molecule has 1 heterocycles. The summed E-state index contributed by atoms with van der Waals surface area (Å²) < 4.78 is 11.4. The Bertz CT molecular complexity index is 1180. The Morgan fingerprint density at radius 1 is 1.06 bits per heavy atom. The number of para-hydroxylation sites is 2. The molecule has 0 fully saturated rings. The number of non-ortho nitro benzene ring substituents is 1. The van der Waals surface area contributed by atoms with E-state index in [1.807, 2.05) is 0 Å². The molecule has 32 heavy (non-hydrogen) atoms. The Morgan fingerprint density at radius 3 is 2.22 bits per heavy atom. The van der Waals surface area contributed by atoms with Crippen molar-refractivity contribution in [2.75, 3.05) is 5.32 Å². The third-order valence-corrected chi connectivity index (χ3v) is 5.31. The lowest BCUT2D eigenvalue weighted by molar-refractivity contribution is -0.384. The Morgan fingerprint density at radius 2 is 1.66 bits per heavy atom. The predicted octanol–water partition coefficient (Wildman–Crippen LogP) is 5.06. The number of rotatable bonds is 5. The molecule has 0 radical (unpaired) electrons. The van der Waals surface area contributed by atoms with Gasteiger partial charge in [0.2, 0.25) is 0 Å². The highest BCUT2D eigenvalue weighted by Crippen LogP contribution is 2.44. The molecule has 0 aromatic heterocycles. The van der Waals surface area contributed by atoms with Crippen LogP contribution in [0.1, 0.15) is 24.0 Å². The number of halogens is 1. The molecule has 1 amide bonds. The summed E-state index contributed by atoms with van der Waals surface area (Å²) in [7, 11) is 0. The van der Waals surface area contributed by atoms with Crippen LogP contribution < -0.4 is 10.1 Å². The Kier molecular flexibility index (Phi) is 5.79. The van der Waals surface area contributed by atoms with E-state index in [1.165, 1.54) is 19.1 Å². The number of fused-ring (bicyclic) bond motifs is 2. The summed E-state index contributed by atoms with van der Waals surface area (Å²) >= 11 is 6.02. The Hall–Kier alpha value is -3.91. The molecule has 1 aliphatic rings. The van der Waals surface area contributed by atoms with E-state index in [9.17, 15) is 19.7 Å². The van der Waals surface area contributed by atoms with Crippen LogP contribution in [0.15, 0.2) is 66.7 Å². The van der Waals surface area contributed by atoms with Crippen molar-refractivity contribution in [2.24, 2.45) is 0 Å². The first kappa shape index (κ1) is 21.3. The number of carbonyl (C=O) groups excluding carboxylic acids is 2. The third kappa shape index (κ3) is 4.13. The van der Waals surface area contributed by atoms with Crippen LogP contribution in [-0.2, 0) is 14.3 Å². The number of amides is 1. The SMILES string of the molecule is C[C@H](OC(=O)C1c2ccccc2Oc2ccccc21)C(=O)Nc1ccc([N+](=O)[O-])cc1Cl. The van der Waals surface area contributed by atoms with Crippen molar-refractivity contribution in [3.8, 4) is 11.5 Å². The van der Waals surface area contributed by atoms with Gasteiger partial charge in [0.05, 0.1) is 15.6 Å². The smallest absolute Gasteiger partial charge is 0.318 e. The van der Waals surface area contributed by atoms with Crippen molar-refractivity contribution in [3.05, 3.63) is 93.0 Å². The number of nitro benzene ring substituents is 1. The maximum Gasteiger partial charge on any atom is 0.318 e. The molecule has 1 atom stereocenters. The number of hydrogen-bond donors (Lipinski definition) is 1. The van der Waals surface area contributed by atoms with Gasteiger partial charge in [-0.15, -0.1) is 0 Å². The van der Waals surface area contributed by atoms with E-state index in [0.717, 1.165) is 6.07 Å². The number of benzene rings is 3. The molecule has 0 saturated carbocycles. The average Bonchev–Trinajstić information content (AvgIpc) is 2.78. The lowest BCUT2D eigenvalue weighted by Gasteiger charge is -2.27. The first-order valence-electron chi connectivity index (χ1n) is 9.66. The van der Waals surface area contributed by atoms with Crippen molar-refractivity contribution >= 4 is 34.9 Å². The lowest BCUT2D eigenvalue weighted by atomic mass is 9.88. The maximum atomic E-state index is 13.1. The minimum absolute atomic E-state index is 0.00152. The fourth-order valence-electron chi connectivity index (χ4n) is 3.41. The average molecular weight is 453 g/mol. The standard InChI is InChI=1S/C23H17ClN2O6/c1-13(22(27)25-18-11-10-14(26(29)30)12-17(18)24)31-23(28)21-15-6-2-4-8-19(15)32-20-9-5-3-7-16(20)21/h2-13,21H,1H3,(H,25,27)/t13-/m0/s1. The van der Waals surface area contributed by atoms with E-state index < -0.39 is 28.8 Å². The van der Waals surface area contributed by atoms with Crippen LogP contribution in [0, 0.1) is 10.1 Å². The van der Waals surface area contributed by atoms with Gasteiger partial charge < -0.3 is 14.8 Å². The van der Waals surface area contributed by atoms with Crippen LogP contribution in [0.3, 0.4) is 0 Å². The van der Waals surface area contributed by atoms with Crippen LogP contribution >= 0.6 is 11.6 Å². The van der Waals surface area contributed by atoms with E-state index in [0.29, 0.717) is 22.6 Å². The molecule has 162 valence electrons. The van der Waals surface area contributed by atoms with Gasteiger partial charge in [-0.3, -0.25) is 19.7 Å². The normalized spacial score (nSPS) is 13.2. The number of ether oxygens (including phenoxy) is 2. The summed E-state index contributed by atoms with van der Waals surface area (Å²) in [6.07, 6.45) is -1.14. The van der Waals surface area contributed by atoms with Gasteiger partial charge in [-0.2, -0.15) is 0 Å². The minimum atomic E-state index is -1.14. The fourth-order valence-corrected chi connectivity index (χ4v) is 3.63. The molecule has 0 saturated heterocycles.